The second-order valence-electron chi connectivity index (χ2n) is 16.3. The Morgan fingerprint density at radius 2 is 1.16 bits per heavy atom. The van der Waals surface area contributed by atoms with Crippen LogP contribution in [0.5, 0.6) is 23.0 Å². The van der Waals surface area contributed by atoms with E-state index in [1.807, 2.05) is 12.1 Å². The Morgan fingerprint density at radius 1 is 0.720 bits per heavy atom. The lowest BCUT2D eigenvalue weighted by molar-refractivity contribution is -0.139. The first-order valence-electron chi connectivity index (χ1n) is 18.7. The van der Waals surface area contributed by atoms with Gasteiger partial charge < -0.3 is 28.7 Å². The highest BCUT2D eigenvalue weighted by Gasteiger charge is 2.67. The van der Waals surface area contributed by atoms with E-state index in [1.165, 1.54) is 11.1 Å². The van der Waals surface area contributed by atoms with E-state index in [1.54, 1.807) is 0 Å². The molecule has 0 unspecified atom stereocenters. The number of piperidine rings is 2. The van der Waals surface area contributed by atoms with E-state index in [2.05, 4.69) is 36.0 Å². The largest absolute Gasteiger partial charge is 0.477 e. The zero-order valence-corrected chi connectivity index (χ0v) is 28.8. The Bertz CT molecular complexity index is 1740. The van der Waals surface area contributed by atoms with Crippen LogP contribution in [0.4, 0.5) is 0 Å². The Kier molecular flexibility index (Phi) is 6.74. The number of Topliss-reactive ketones (excluding diaryl/α,β-unsaturated/α-hetero) is 2. The van der Waals surface area contributed by atoms with Crippen LogP contribution in [0.1, 0.15) is 86.5 Å². The lowest BCUT2D eigenvalue weighted by Gasteiger charge is -2.57. The average Bonchev–Trinajstić information content (AvgIpc) is 3.65. The maximum Gasteiger partial charge on any atom is 0.311 e. The number of hydrogen-bond acceptors (Lipinski definition) is 10. The second kappa shape index (κ2) is 10.9. The third kappa shape index (κ3) is 4.03. The molecule has 0 radical (unpaired) electrons. The van der Waals surface area contributed by atoms with E-state index in [-0.39, 0.29) is 47.2 Å². The third-order valence-electron chi connectivity index (χ3n) is 14.2. The molecule has 4 aliphatic carbocycles. The highest BCUT2D eigenvalue weighted by atomic mass is 16.6. The van der Waals surface area contributed by atoms with Crippen LogP contribution < -0.4 is 18.9 Å². The number of esters is 2. The molecule has 4 heterocycles. The summed E-state index contributed by atoms with van der Waals surface area (Å²) in [5, 5.41) is 0. The molecule has 4 fully saturated rings. The predicted octanol–water partition coefficient (Wildman–Crippen LogP) is 4.23. The highest BCUT2D eigenvalue weighted by molar-refractivity contribution is 5.90. The first-order chi connectivity index (χ1) is 24.2. The number of carbonyl (C=O) groups excluding carboxylic acids is 4. The molecule has 10 nitrogen and oxygen atoms in total. The molecule has 2 aromatic rings. The molecular weight excluding hydrogens is 636 g/mol. The number of ketones is 2. The van der Waals surface area contributed by atoms with Gasteiger partial charge in [-0.2, -0.15) is 0 Å². The summed E-state index contributed by atoms with van der Waals surface area (Å²) in [6, 6.07) is 8.53. The van der Waals surface area contributed by atoms with Crippen molar-refractivity contribution in [2.24, 2.45) is 11.8 Å². The van der Waals surface area contributed by atoms with Crippen LogP contribution in [0, 0.1) is 11.8 Å². The molecular formula is C40H44N2O8. The van der Waals surface area contributed by atoms with Gasteiger partial charge in [-0.05, 0) is 114 Å². The molecule has 2 aromatic carbocycles. The van der Waals surface area contributed by atoms with Gasteiger partial charge in [-0.1, -0.05) is 12.1 Å². The van der Waals surface area contributed by atoms with Crippen LogP contribution in [-0.4, -0.2) is 84.8 Å². The number of benzene rings is 2. The molecule has 4 aliphatic heterocycles. The fraction of sp³-hybridized carbons (Fsp3) is 0.600. The molecule has 0 N–H and O–H groups in total. The lowest BCUT2D eigenvalue weighted by atomic mass is 9.52. The molecule has 2 saturated heterocycles. The minimum atomic E-state index is -0.505. The summed E-state index contributed by atoms with van der Waals surface area (Å²) >= 11 is 0. The van der Waals surface area contributed by atoms with Crippen molar-refractivity contribution < 1.29 is 38.1 Å². The number of carbonyl (C=O) groups is 4. The van der Waals surface area contributed by atoms with Gasteiger partial charge in [-0.3, -0.25) is 19.2 Å². The smallest absolute Gasteiger partial charge is 0.311 e. The van der Waals surface area contributed by atoms with Crippen molar-refractivity contribution in [2.75, 3.05) is 27.2 Å². The van der Waals surface area contributed by atoms with Gasteiger partial charge in [0.15, 0.2) is 46.8 Å². The van der Waals surface area contributed by atoms with Crippen LogP contribution in [0.15, 0.2) is 24.3 Å². The summed E-state index contributed by atoms with van der Waals surface area (Å²) in [5.41, 5.74) is 3.94. The molecule has 2 spiro atoms. The van der Waals surface area contributed by atoms with Crippen LogP contribution in [0.3, 0.4) is 0 Å². The maximum absolute atomic E-state index is 13.2. The van der Waals surface area contributed by atoms with Gasteiger partial charge in [0, 0.05) is 59.7 Å². The predicted molar refractivity (Wildman–Crippen MR) is 180 cm³/mol. The highest BCUT2D eigenvalue weighted by Crippen LogP contribution is 2.64. The SMILES string of the molecule is CN1CC[C@]23c4c5ccc(OC(=O)CCCCC(=O)Oc6ccc7c8c6O[C@H]6C(=O)CC[C@H]9[C@@H](C7)N(C)CC[C@]869)c4O[C@H]2C(=O)CC[C@H]3[C@H]1C5. The van der Waals surface area contributed by atoms with Crippen LogP contribution in [0.25, 0.3) is 0 Å². The summed E-state index contributed by atoms with van der Waals surface area (Å²) in [6.07, 6.45) is 6.56. The monoisotopic (exact) mass is 680 g/mol. The van der Waals surface area contributed by atoms with Gasteiger partial charge in [-0.15, -0.1) is 0 Å². The van der Waals surface area contributed by atoms with Crippen molar-refractivity contribution in [3.63, 3.8) is 0 Å². The maximum atomic E-state index is 13.2. The summed E-state index contributed by atoms with van der Waals surface area (Å²) < 4.78 is 24.7. The topological polar surface area (TPSA) is 112 Å². The minimum absolute atomic E-state index is 0.142. The second-order valence-corrected chi connectivity index (χ2v) is 16.3. The van der Waals surface area contributed by atoms with Crippen LogP contribution >= 0.6 is 0 Å². The number of likely N-dealkylation sites (tertiary alicyclic amines) is 2. The lowest BCUT2D eigenvalue weighted by Crippen LogP contribution is -2.65. The Morgan fingerprint density at radius 3 is 1.60 bits per heavy atom. The van der Waals surface area contributed by atoms with Crippen molar-refractivity contribution in [1.82, 2.24) is 9.80 Å². The van der Waals surface area contributed by atoms with Crippen LogP contribution in [-0.2, 0) is 42.8 Å². The molecule has 0 aromatic heterocycles. The molecule has 10 heteroatoms. The molecule has 4 bridgehead atoms. The fourth-order valence-electron chi connectivity index (χ4n) is 12.1. The number of rotatable bonds is 7. The van der Waals surface area contributed by atoms with E-state index in [0.29, 0.717) is 72.6 Å². The van der Waals surface area contributed by atoms with E-state index < -0.39 is 12.2 Å². The number of unbranched alkanes of at least 4 members (excludes halogenated alkanes) is 1. The van der Waals surface area contributed by atoms with E-state index >= 15 is 0 Å². The van der Waals surface area contributed by atoms with Gasteiger partial charge in [-0.25, -0.2) is 0 Å². The zero-order chi connectivity index (χ0) is 34.1. The van der Waals surface area contributed by atoms with Crippen molar-refractivity contribution in [2.45, 2.75) is 112 Å². The van der Waals surface area contributed by atoms with Crippen molar-refractivity contribution in [3.05, 3.63) is 46.5 Å². The molecule has 0 amide bonds. The van der Waals surface area contributed by atoms with Gasteiger partial charge >= 0.3 is 11.9 Å². The van der Waals surface area contributed by atoms with Crippen molar-refractivity contribution in [1.29, 1.82) is 0 Å². The molecule has 50 heavy (non-hydrogen) atoms. The van der Waals surface area contributed by atoms with Crippen molar-refractivity contribution >= 4 is 23.5 Å². The Labute approximate surface area is 291 Å². The molecule has 8 aliphatic rings. The summed E-state index contributed by atoms with van der Waals surface area (Å²) in [7, 11) is 4.37. The normalized spacial score (nSPS) is 35.5. The van der Waals surface area contributed by atoms with Crippen LogP contribution in [0.2, 0.25) is 0 Å². The van der Waals surface area contributed by atoms with E-state index in [4.69, 9.17) is 18.9 Å². The first-order valence-corrected chi connectivity index (χ1v) is 18.7. The van der Waals surface area contributed by atoms with E-state index in [9.17, 15) is 19.2 Å². The first kappa shape index (κ1) is 31.0. The standard InChI is InChI=1S/C40H44N2O8/c1-41-17-15-39-23-9-11-27(43)37(39)49-35-29(13-7-21(33(35)39)19-25(23)41)47-31(45)5-3-4-6-32(46)48-30-14-8-22-20-26-24-10-12-28(44)38-40(24,16-18-42(26)2)34(22)36(30)50-38/h7-8,13-14,23-26,37-38H,3-6,9-12,15-20H2,1-2H3/t23-,24-,25+,26+,37-,38-,39-,40-/m0/s1. The minimum Gasteiger partial charge on any atom is -0.477 e. The van der Waals surface area contributed by atoms with Gasteiger partial charge in [0.1, 0.15) is 0 Å². The third-order valence-corrected chi connectivity index (χ3v) is 14.2. The fourth-order valence-corrected chi connectivity index (χ4v) is 12.1. The Hall–Kier alpha value is -3.76. The zero-order valence-electron chi connectivity index (χ0n) is 28.8. The number of nitrogens with zero attached hydrogens (tertiary/aromatic N) is 2. The number of hydrogen-bond donors (Lipinski definition) is 0. The Balaban J connectivity index is 0.797. The summed E-state index contributed by atoms with van der Waals surface area (Å²) in [5.74, 6) is 2.18. The van der Waals surface area contributed by atoms with Crippen molar-refractivity contribution in [3.8, 4) is 23.0 Å². The molecule has 8 atom stereocenters. The van der Waals surface area contributed by atoms with Gasteiger partial charge in [0.25, 0.3) is 0 Å². The van der Waals surface area contributed by atoms with Gasteiger partial charge in [0.05, 0.1) is 0 Å². The molecule has 10 rings (SSSR count). The summed E-state index contributed by atoms with van der Waals surface area (Å²) in [6.45, 7) is 1.83. The number of likely N-dealkylation sites (N-methyl/N-ethyl adjacent to an activating group) is 2. The average molecular weight is 681 g/mol. The molecule has 2 saturated carbocycles. The van der Waals surface area contributed by atoms with Gasteiger partial charge in [0.2, 0.25) is 0 Å². The van der Waals surface area contributed by atoms with E-state index in [0.717, 1.165) is 62.7 Å². The quantitative estimate of drug-likeness (QED) is 0.239. The number of ether oxygens (including phenoxy) is 4. The summed E-state index contributed by atoms with van der Waals surface area (Å²) in [4.78, 5) is 57.4. The molecule has 262 valence electrons.